The molecule has 2 rings (SSSR count). The molecule has 0 aromatic heterocycles. The average molecular weight is 339 g/mol. The fourth-order valence-corrected chi connectivity index (χ4v) is 2.36. The predicted molar refractivity (Wildman–Crippen MR) is 83.2 cm³/mol. The molecule has 2 aromatic rings. The number of nitrogens with one attached hydrogen (secondary N) is 1. The van der Waals surface area contributed by atoms with E-state index in [0.717, 1.165) is 16.6 Å². The highest BCUT2D eigenvalue weighted by Crippen LogP contribution is 2.17. The molecule has 0 aliphatic heterocycles. The van der Waals surface area contributed by atoms with Gasteiger partial charge >= 0.3 is 0 Å². The minimum atomic E-state index is -0.124. The van der Waals surface area contributed by atoms with Gasteiger partial charge in [-0.2, -0.15) is 0 Å². The standard InChI is InChI=1S/C15H13BrClNO/c1-10-8-12(17)4-7-14(10)15(19)18-13-5-2-11(9-16)3-6-13/h2-8H,9H2,1H3,(H,18,19). The largest absolute Gasteiger partial charge is 0.322 e. The number of benzene rings is 2. The van der Waals surface area contributed by atoms with Crippen LogP contribution in [0.4, 0.5) is 5.69 Å². The first kappa shape index (κ1) is 14.1. The molecule has 0 saturated carbocycles. The zero-order valence-corrected chi connectivity index (χ0v) is 12.8. The van der Waals surface area contributed by atoms with E-state index >= 15 is 0 Å². The number of anilines is 1. The molecule has 0 fully saturated rings. The van der Waals surface area contributed by atoms with Crippen molar-refractivity contribution >= 4 is 39.1 Å². The van der Waals surface area contributed by atoms with Gasteiger partial charge in [0.05, 0.1) is 0 Å². The minimum Gasteiger partial charge on any atom is -0.322 e. The molecule has 1 N–H and O–H groups in total. The fraction of sp³-hybridized carbons (Fsp3) is 0.133. The highest BCUT2D eigenvalue weighted by molar-refractivity contribution is 9.08. The van der Waals surface area contributed by atoms with Crippen molar-refractivity contribution < 1.29 is 4.79 Å². The molecular weight excluding hydrogens is 326 g/mol. The van der Waals surface area contributed by atoms with Crippen molar-refractivity contribution in [3.8, 4) is 0 Å². The van der Waals surface area contributed by atoms with Gasteiger partial charge in [0.15, 0.2) is 0 Å². The molecule has 0 atom stereocenters. The number of alkyl halides is 1. The predicted octanol–water partition coefficient (Wildman–Crippen LogP) is 4.80. The number of hydrogen-bond acceptors (Lipinski definition) is 1. The van der Waals surface area contributed by atoms with Crippen LogP contribution in [0.2, 0.25) is 5.02 Å². The van der Waals surface area contributed by atoms with Crippen molar-refractivity contribution in [2.45, 2.75) is 12.3 Å². The third-order valence-electron chi connectivity index (χ3n) is 2.80. The van der Waals surface area contributed by atoms with Crippen LogP contribution in [0, 0.1) is 6.92 Å². The van der Waals surface area contributed by atoms with Crippen LogP contribution >= 0.6 is 27.5 Å². The second-order valence-electron chi connectivity index (χ2n) is 4.24. The first-order valence-electron chi connectivity index (χ1n) is 5.82. The summed E-state index contributed by atoms with van der Waals surface area (Å²) in [5.41, 5.74) is 3.45. The van der Waals surface area contributed by atoms with Gasteiger partial charge in [0, 0.05) is 21.6 Å². The lowest BCUT2D eigenvalue weighted by molar-refractivity contribution is 0.102. The summed E-state index contributed by atoms with van der Waals surface area (Å²) < 4.78 is 0. The zero-order chi connectivity index (χ0) is 13.8. The van der Waals surface area contributed by atoms with E-state index in [0.29, 0.717) is 10.6 Å². The monoisotopic (exact) mass is 337 g/mol. The number of rotatable bonds is 3. The summed E-state index contributed by atoms with van der Waals surface area (Å²) in [6.45, 7) is 1.87. The molecule has 0 heterocycles. The summed E-state index contributed by atoms with van der Waals surface area (Å²) in [6, 6.07) is 13.0. The van der Waals surface area contributed by atoms with E-state index in [-0.39, 0.29) is 5.91 Å². The van der Waals surface area contributed by atoms with Gasteiger partial charge in [-0.15, -0.1) is 0 Å². The summed E-state index contributed by atoms with van der Waals surface area (Å²) >= 11 is 9.27. The van der Waals surface area contributed by atoms with Gasteiger partial charge in [-0.25, -0.2) is 0 Å². The number of halogens is 2. The summed E-state index contributed by atoms with van der Waals surface area (Å²) in [4.78, 5) is 12.1. The Morgan fingerprint density at radius 2 is 1.89 bits per heavy atom. The maximum absolute atomic E-state index is 12.1. The van der Waals surface area contributed by atoms with Crippen LogP contribution in [0.5, 0.6) is 0 Å². The van der Waals surface area contributed by atoms with Crippen LogP contribution < -0.4 is 5.32 Å². The van der Waals surface area contributed by atoms with E-state index in [1.807, 2.05) is 31.2 Å². The molecule has 2 nitrogen and oxygen atoms in total. The van der Waals surface area contributed by atoms with Crippen LogP contribution in [-0.4, -0.2) is 5.91 Å². The average Bonchev–Trinajstić information content (AvgIpc) is 2.39. The molecule has 1 amide bonds. The van der Waals surface area contributed by atoms with Crippen LogP contribution in [0.25, 0.3) is 0 Å². The normalized spacial score (nSPS) is 10.3. The van der Waals surface area contributed by atoms with Crippen LogP contribution in [0.3, 0.4) is 0 Å². The summed E-state index contributed by atoms with van der Waals surface area (Å²) in [5, 5.41) is 4.31. The number of amides is 1. The Bertz CT molecular complexity index is 596. The summed E-state index contributed by atoms with van der Waals surface area (Å²) in [7, 11) is 0. The smallest absolute Gasteiger partial charge is 0.255 e. The van der Waals surface area contributed by atoms with Gasteiger partial charge in [0.1, 0.15) is 0 Å². The summed E-state index contributed by atoms with van der Waals surface area (Å²) in [6.07, 6.45) is 0. The number of aryl methyl sites for hydroxylation is 1. The van der Waals surface area contributed by atoms with Crippen molar-refractivity contribution in [3.63, 3.8) is 0 Å². The molecule has 98 valence electrons. The lowest BCUT2D eigenvalue weighted by Gasteiger charge is -2.08. The molecular formula is C15H13BrClNO. The first-order chi connectivity index (χ1) is 9.10. The Kier molecular flexibility index (Phi) is 4.61. The van der Waals surface area contributed by atoms with E-state index in [9.17, 15) is 4.79 Å². The van der Waals surface area contributed by atoms with E-state index < -0.39 is 0 Å². The third-order valence-corrected chi connectivity index (χ3v) is 3.68. The molecule has 0 aliphatic carbocycles. The van der Waals surface area contributed by atoms with Crippen molar-refractivity contribution in [3.05, 3.63) is 64.2 Å². The Morgan fingerprint density at radius 1 is 1.21 bits per heavy atom. The Hall–Kier alpha value is -1.32. The van der Waals surface area contributed by atoms with Gasteiger partial charge in [0.2, 0.25) is 0 Å². The number of hydrogen-bond donors (Lipinski definition) is 1. The number of carbonyl (C=O) groups is 1. The molecule has 0 bridgehead atoms. The molecule has 0 unspecified atom stereocenters. The van der Waals surface area contributed by atoms with Crippen LogP contribution in [0.15, 0.2) is 42.5 Å². The lowest BCUT2D eigenvalue weighted by atomic mass is 10.1. The Labute approximate surface area is 125 Å². The van der Waals surface area contributed by atoms with Gasteiger partial charge in [-0.05, 0) is 48.4 Å². The molecule has 0 radical (unpaired) electrons. The molecule has 0 spiro atoms. The highest BCUT2D eigenvalue weighted by Gasteiger charge is 2.09. The number of carbonyl (C=O) groups excluding carboxylic acids is 1. The summed E-state index contributed by atoms with van der Waals surface area (Å²) in [5.74, 6) is -0.124. The third kappa shape index (κ3) is 3.58. The van der Waals surface area contributed by atoms with Crippen LogP contribution in [-0.2, 0) is 5.33 Å². The molecule has 0 aliphatic rings. The quantitative estimate of drug-likeness (QED) is 0.801. The Balaban J connectivity index is 2.15. The Morgan fingerprint density at radius 3 is 2.47 bits per heavy atom. The first-order valence-corrected chi connectivity index (χ1v) is 7.32. The van der Waals surface area contributed by atoms with Crippen LogP contribution in [0.1, 0.15) is 21.5 Å². The molecule has 4 heteroatoms. The SMILES string of the molecule is Cc1cc(Cl)ccc1C(=O)Nc1ccc(CBr)cc1. The van der Waals surface area contributed by atoms with Crippen molar-refractivity contribution in [1.29, 1.82) is 0 Å². The van der Waals surface area contributed by atoms with Crippen molar-refractivity contribution in [1.82, 2.24) is 0 Å². The second kappa shape index (κ2) is 6.22. The molecule has 0 saturated heterocycles. The van der Waals surface area contributed by atoms with Gasteiger partial charge in [-0.3, -0.25) is 4.79 Å². The van der Waals surface area contributed by atoms with Crippen molar-refractivity contribution in [2.24, 2.45) is 0 Å². The maximum Gasteiger partial charge on any atom is 0.255 e. The maximum atomic E-state index is 12.1. The molecule has 2 aromatic carbocycles. The van der Waals surface area contributed by atoms with Gasteiger partial charge < -0.3 is 5.32 Å². The fourth-order valence-electron chi connectivity index (χ4n) is 1.76. The van der Waals surface area contributed by atoms with E-state index in [1.165, 1.54) is 5.56 Å². The minimum absolute atomic E-state index is 0.124. The second-order valence-corrected chi connectivity index (χ2v) is 5.24. The molecule has 19 heavy (non-hydrogen) atoms. The van der Waals surface area contributed by atoms with Crippen molar-refractivity contribution in [2.75, 3.05) is 5.32 Å². The van der Waals surface area contributed by atoms with E-state index in [4.69, 9.17) is 11.6 Å². The highest BCUT2D eigenvalue weighted by atomic mass is 79.9. The topological polar surface area (TPSA) is 29.1 Å². The zero-order valence-electron chi connectivity index (χ0n) is 10.4. The van der Waals surface area contributed by atoms with E-state index in [1.54, 1.807) is 18.2 Å². The van der Waals surface area contributed by atoms with E-state index in [2.05, 4.69) is 21.2 Å². The lowest BCUT2D eigenvalue weighted by Crippen LogP contribution is -2.13. The van der Waals surface area contributed by atoms with Gasteiger partial charge in [-0.1, -0.05) is 39.7 Å². The van der Waals surface area contributed by atoms with Gasteiger partial charge in [0.25, 0.3) is 5.91 Å².